The van der Waals surface area contributed by atoms with Gasteiger partial charge in [-0.25, -0.2) is 0 Å². The van der Waals surface area contributed by atoms with Crippen molar-refractivity contribution >= 4 is 28.6 Å². The number of rotatable bonds is 2. The van der Waals surface area contributed by atoms with Crippen LogP contribution in [-0.2, 0) is 4.79 Å². The zero-order valence-corrected chi connectivity index (χ0v) is 9.88. The van der Waals surface area contributed by atoms with Gasteiger partial charge in [0, 0.05) is 12.7 Å². The Morgan fingerprint density at radius 2 is 2.12 bits per heavy atom. The number of likely N-dealkylation sites (N-methyl/N-ethyl adjacent to an activating group) is 1. The lowest BCUT2D eigenvalue weighted by Gasteiger charge is -2.11. The van der Waals surface area contributed by atoms with Crippen molar-refractivity contribution in [2.45, 2.75) is 12.3 Å². The summed E-state index contributed by atoms with van der Waals surface area (Å²) in [6.45, 7) is 1.98. The Labute approximate surface area is 98.0 Å². The molecule has 84 valence electrons. The van der Waals surface area contributed by atoms with Crippen molar-refractivity contribution in [3.63, 3.8) is 0 Å². The Morgan fingerprint density at radius 1 is 1.38 bits per heavy atom. The predicted molar refractivity (Wildman–Crippen MR) is 64.3 cm³/mol. The highest BCUT2D eigenvalue weighted by molar-refractivity contribution is 8.15. The topological polar surface area (TPSA) is 49.4 Å². The number of amides is 2. The van der Waals surface area contributed by atoms with E-state index in [1.165, 1.54) is 7.05 Å². The molecule has 1 atom stereocenters. The molecule has 1 aromatic carbocycles. The Morgan fingerprint density at radius 3 is 2.69 bits per heavy atom. The zero-order valence-electron chi connectivity index (χ0n) is 9.06. The summed E-state index contributed by atoms with van der Waals surface area (Å²) >= 11 is 1.01. The molecule has 0 aromatic heterocycles. The van der Waals surface area contributed by atoms with Crippen molar-refractivity contribution in [3.05, 3.63) is 29.8 Å². The van der Waals surface area contributed by atoms with Crippen molar-refractivity contribution in [2.24, 2.45) is 0 Å². The first-order valence-corrected chi connectivity index (χ1v) is 5.77. The maximum absolute atomic E-state index is 11.6. The van der Waals surface area contributed by atoms with Gasteiger partial charge in [-0.3, -0.25) is 14.5 Å². The van der Waals surface area contributed by atoms with Gasteiger partial charge >= 0.3 is 0 Å². The largest absolute Gasteiger partial charge is 0.365 e. The van der Waals surface area contributed by atoms with Gasteiger partial charge in [-0.15, -0.1) is 0 Å². The van der Waals surface area contributed by atoms with Crippen LogP contribution in [0.3, 0.4) is 0 Å². The maximum Gasteiger partial charge on any atom is 0.290 e. The lowest BCUT2D eigenvalue weighted by atomic mass is 10.2. The van der Waals surface area contributed by atoms with Gasteiger partial charge < -0.3 is 5.32 Å². The van der Waals surface area contributed by atoms with Crippen LogP contribution in [0.4, 0.5) is 10.5 Å². The summed E-state index contributed by atoms with van der Waals surface area (Å²) in [4.78, 5) is 24.0. The summed E-state index contributed by atoms with van der Waals surface area (Å²) in [6.07, 6.45) is 0. The van der Waals surface area contributed by atoms with Crippen LogP contribution in [0.5, 0.6) is 0 Å². The monoisotopic (exact) mass is 236 g/mol. The van der Waals surface area contributed by atoms with Crippen molar-refractivity contribution in [1.82, 2.24) is 4.90 Å². The molecule has 0 radical (unpaired) electrons. The second-order valence-corrected chi connectivity index (χ2v) is 4.73. The normalized spacial score (nSPS) is 20.4. The van der Waals surface area contributed by atoms with Gasteiger partial charge in [-0.05, 0) is 36.4 Å². The molecule has 1 N–H and O–H groups in total. The number of hydrogen-bond donors (Lipinski definition) is 1. The number of carbonyl (C=O) groups is 2. The molecular weight excluding hydrogens is 224 g/mol. The smallest absolute Gasteiger partial charge is 0.290 e. The number of hydrogen-bond acceptors (Lipinski definition) is 4. The van der Waals surface area contributed by atoms with Crippen molar-refractivity contribution < 1.29 is 9.59 Å². The summed E-state index contributed by atoms with van der Waals surface area (Å²) in [5, 5.41) is 2.33. The van der Waals surface area contributed by atoms with Crippen LogP contribution in [0.25, 0.3) is 0 Å². The first-order chi connectivity index (χ1) is 7.58. The van der Waals surface area contributed by atoms with Gasteiger partial charge in [0.25, 0.3) is 11.1 Å². The third-order valence-corrected chi connectivity index (χ3v) is 3.39. The fraction of sp³-hybridized carbons (Fsp3) is 0.273. The van der Waals surface area contributed by atoms with Crippen LogP contribution in [0, 0.1) is 6.92 Å². The zero-order chi connectivity index (χ0) is 11.7. The standard InChI is InChI=1S/C11H12N2O2S/c1-7-4-3-5-8(6-7)12-9-10(14)13(2)11(15)16-9/h3-6,9,12H,1-2H3/t9-/m0/s1. The van der Waals surface area contributed by atoms with E-state index in [0.29, 0.717) is 0 Å². The molecule has 0 saturated carbocycles. The van der Waals surface area contributed by atoms with Crippen LogP contribution < -0.4 is 5.32 Å². The summed E-state index contributed by atoms with van der Waals surface area (Å²) in [5.74, 6) is -0.198. The van der Waals surface area contributed by atoms with Gasteiger partial charge in [-0.1, -0.05) is 12.1 Å². The highest BCUT2D eigenvalue weighted by Gasteiger charge is 2.36. The number of thioether (sulfide) groups is 1. The van der Waals surface area contributed by atoms with E-state index < -0.39 is 5.37 Å². The van der Waals surface area contributed by atoms with Crippen LogP contribution >= 0.6 is 11.8 Å². The summed E-state index contributed by atoms with van der Waals surface area (Å²) in [5.41, 5.74) is 1.97. The highest BCUT2D eigenvalue weighted by Crippen LogP contribution is 2.26. The second kappa shape index (κ2) is 4.17. The van der Waals surface area contributed by atoms with Crippen LogP contribution in [-0.4, -0.2) is 28.5 Å². The van der Waals surface area contributed by atoms with Crippen molar-refractivity contribution in [3.8, 4) is 0 Å². The molecule has 1 saturated heterocycles. The SMILES string of the molecule is Cc1cccc(N[C@H]2SC(=O)N(C)C2=O)c1. The Bertz CT molecular complexity index is 447. The molecule has 1 aliphatic heterocycles. The average Bonchev–Trinajstić information content (AvgIpc) is 2.47. The van der Waals surface area contributed by atoms with Gasteiger partial charge in [-0.2, -0.15) is 0 Å². The summed E-state index contributed by atoms with van der Waals surface area (Å²) in [6, 6.07) is 7.71. The van der Waals surface area contributed by atoms with Gasteiger partial charge in [0.2, 0.25) is 0 Å². The fourth-order valence-corrected chi connectivity index (χ4v) is 2.38. The first kappa shape index (κ1) is 11.0. The van der Waals surface area contributed by atoms with Crippen LogP contribution in [0.15, 0.2) is 24.3 Å². The predicted octanol–water partition coefficient (Wildman–Crippen LogP) is 2.06. The van der Waals surface area contributed by atoms with Gasteiger partial charge in [0.15, 0.2) is 5.37 Å². The first-order valence-electron chi connectivity index (χ1n) is 4.89. The van der Waals surface area contributed by atoms with Gasteiger partial charge in [0.1, 0.15) is 0 Å². The number of imide groups is 1. The van der Waals surface area contributed by atoms with Crippen LogP contribution in [0.2, 0.25) is 0 Å². The number of carbonyl (C=O) groups excluding carboxylic acids is 2. The molecule has 1 fully saturated rings. The molecule has 1 aliphatic rings. The average molecular weight is 236 g/mol. The molecule has 4 nitrogen and oxygen atoms in total. The van der Waals surface area contributed by atoms with E-state index in [9.17, 15) is 9.59 Å². The number of anilines is 1. The molecular formula is C11H12N2O2S. The van der Waals surface area contributed by atoms with E-state index >= 15 is 0 Å². The minimum absolute atomic E-state index is 0.198. The molecule has 2 rings (SSSR count). The Hall–Kier alpha value is -1.49. The Balaban J connectivity index is 2.12. The third kappa shape index (κ3) is 2.04. The maximum atomic E-state index is 11.6. The van der Waals surface area contributed by atoms with Crippen molar-refractivity contribution in [2.75, 3.05) is 12.4 Å². The lowest BCUT2D eigenvalue weighted by Crippen LogP contribution is -2.31. The van der Waals surface area contributed by atoms with Gasteiger partial charge in [0.05, 0.1) is 0 Å². The molecule has 5 heteroatoms. The minimum atomic E-state index is -0.501. The molecule has 0 unspecified atom stereocenters. The molecule has 0 bridgehead atoms. The quantitative estimate of drug-likeness (QED) is 0.854. The number of aryl methyl sites for hydroxylation is 1. The Kier molecular flexibility index (Phi) is 2.87. The van der Waals surface area contributed by atoms with Crippen molar-refractivity contribution in [1.29, 1.82) is 0 Å². The summed E-state index contributed by atoms with van der Waals surface area (Å²) < 4.78 is 0. The van der Waals surface area contributed by atoms with E-state index in [4.69, 9.17) is 0 Å². The molecule has 0 spiro atoms. The van der Waals surface area contributed by atoms with Crippen LogP contribution in [0.1, 0.15) is 5.56 Å². The highest BCUT2D eigenvalue weighted by atomic mass is 32.2. The molecule has 1 heterocycles. The van der Waals surface area contributed by atoms with E-state index in [-0.39, 0.29) is 11.1 Å². The van der Waals surface area contributed by atoms with E-state index in [0.717, 1.165) is 27.9 Å². The lowest BCUT2D eigenvalue weighted by molar-refractivity contribution is -0.125. The molecule has 16 heavy (non-hydrogen) atoms. The third-order valence-electron chi connectivity index (χ3n) is 2.36. The van der Waals surface area contributed by atoms with E-state index in [1.54, 1.807) is 0 Å². The number of benzene rings is 1. The fourth-order valence-electron chi connectivity index (χ4n) is 1.47. The number of nitrogens with zero attached hydrogens (tertiary/aromatic N) is 1. The molecule has 0 aliphatic carbocycles. The van der Waals surface area contributed by atoms with E-state index in [2.05, 4.69) is 5.32 Å². The second-order valence-electron chi connectivity index (χ2n) is 3.67. The minimum Gasteiger partial charge on any atom is -0.365 e. The van der Waals surface area contributed by atoms with E-state index in [1.807, 2.05) is 31.2 Å². The molecule has 1 aromatic rings. The summed E-state index contributed by atoms with van der Waals surface area (Å²) in [7, 11) is 1.50. The number of nitrogens with one attached hydrogen (secondary N) is 1. The molecule has 2 amide bonds.